The summed E-state index contributed by atoms with van der Waals surface area (Å²) < 4.78 is 2.99. The first-order valence-corrected chi connectivity index (χ1v) is 9.14. The molecule has 0 aliphatic heterocycles. The zero-order valence-electron chi connectivity index (χ0n) is 16.7. The summed E-state index contributed by atoms with van der Waals surface area (Å²) in [7, 11) is 1.72. The molecule has 0 bridgehead atoms. The van der Waals surface area contributed by atoms with Crippen LogP contribution < -0.4 is 10.6 Å². The molecule has 0 saturated heterocycles. The molecule has 0 spiro atoms. The topological polar surface area (TPSA) is 137 Å². The van der Waals surface area contributed by atoms with Crippen LogP contribution in [0.5, 0.6) is 0 Å². The van der Waals surface area contributed by atoms with Crippen molar-refractivity contribution in [3.63, 3.8) is 0 Å². The zero-order valence-corrected chi connectivity index (χ0v) is 16.7. The van der Waals surface area contributed by atoms with Gasteiger partial charge in [0.1, 0.15) is 11.4 Å². The molecule has 3 aromatic rings. The molecule has 11 heteroatoms. The lowest BCUT2D eigenvalue weighted by Crippen LogP contribution is -2.16. The molecular formula is C19H21N7O4. The number of aromatic nitrogens is 4. The number of carbonyl (C=O) groups is 2. The van der Waals surface area contributed by atoms with Crippen molar-refractivity contribution in [3.8, 4) is 0 Å². The first kappa shape index (κ1) is 20.7. The van der Waals surface area contributed by atoms with Gasteiger partial charge >= 0.3 is 5.69 Å². The summed E-state index contributed by atoms with van der Waals surface area (Å²) in [6.45, 7) is 3.37. The predicted molar refractivity (Wildman–Crippen MR) is 109 cm³/mol. The van der Waals surface area contributed by atoms with Crippen LogP contribution in [0, 0.1) is 24.0 Å². The van der Waals surface area contributed by atoms with Gasteiger partial charge in [-0.2, -0.15) is 10.2 Å². The molecule has 0 unspecified atom stereocenters. The van der Waals surface area contributed by atoms with Crippen molar-refractivity contribution in [1.29, 1.82) is 0 Å². The number of anilines is 2. The van der Waals surface area contributed by atoms with Crippen LogP contribution in [0.1, 0.15) is 28.3 Å². The number of nitrogens with one attached hydrogen (secondary N) is 2. The fraction of sp³-hybridized carbons (Fsp3) is 0.263. The second-order valence-corrected chi connectivity index (χ2v) is 6.71. The highest BCUT2D eigenvalue weighted by Gasteiger charge is 2.21. The maximum Gasteiger partial charge on any atom is 0.312 e. The number of nitro groups is 1. The fourth-order valence-electron chi connectivity index (χ4n) is 3.01. The Labute approximate surface area is 171 Å². The third-order valence-corrected chi connectivity index (χ3v) is 4.43. The van der Waals surface area contributed by atoms with Gasteiger partial charge in [0.2, 0.25) is 5.91 Å². The Bertz CT molecular complexity index is 1120. The standard InChI is InChI=1S/C19H21N7O4/c1-12-18(26(29)30)13(2)25(22-12)10-8-17(27)20-14-5-4-6-15(11-14)21-19(28)16-7-9-24(3)23-16/h4-7,9,11H,8,10H2,1-3H3,(H,20,27)(H,21,28). The lowest BCUT2D eigenvalue weighted by atomic mass is 10.2. The molecule has 0 fully saturated rings. The summed E-state index contributed by atoms with van der Waals surface area (Å²) in [5.41, 5.74) is 1.99. The number of carbonyl (C=O) groups excluding carboxylic acids is 2. The molecule has 0 radical (unpaired) electrons. The molecule has 1 aromatic carbocycles. The van der Waals surface area contributed by atoms with E-state index in [0.29, 0.717) is 22.8 Å². The monoisotopic (exact) mass is 411 g/mol. The molecular weight excluding hydrogens is 390 g/mol. The molecule has 0 saturated carbocycles. The normalized spacial score (nSPS) is 10.6. The molecule has 0 atom stereocenters. The Hall–Kier alpha value is -4.02. The molecule has 0 aliphatic rings. The minimum Gasteiger partial charge on any atom is -0.326 e. The van der Waals surface area contributed by atoms with E-state index in [-0.39, 0.29) is 36.2 Å². The van der Waals surface area contributed by atoms with E-state index in [1.807, 2.05) is 0 Å². The van der Waals surface area contributed by atoms with Gasteiger partial charge in [-0.1, -0.05) is 6.07 Å². The van der Waals surface area contributed by atoms with Crippen molar-refractivity contribution in [2.75, 3.05) is 10.6 Å². The van der Waals surface area contributed by atoms with Gasteiger partial charge in [-0.05, 0) is 38.1 Å². The predicted octanol–water partition coefficient (Wildman–Crippen LogP) is 2.42. The SMILES string of the molecule is Cc1nn(CCC(=O)Nc2cccc(NC(=O)c3ccn(C)n3)c2)c(C)c1[N+](=O)[O-]. The van der Waals surface area contributed by atoms with Gasteiger partial charge in [0.05, 0.1) is 11.5 Å². The Morgan fingerprint density at radius 2 is 1.83 bits per heavy atom. The first-order valence-electron chi connectivity index (χ1n) is 9.14. The van der Waals surface area contributed by atoms with Crippen molar-refractivity contribution in [2.45, 2.75) is 26.8 Å². The quantitative estimate of drug-likeness (QED) is 0.452. The highest BCUT2D eigenvalue weighted by Crippen LogP contribution is 2.22. The van der Waals surface area contributed by atoms with E-state index in [4.69, 9.17) is 0 Å². The summed E-state index contributed by atoms with van der Waals surface area (Å²) >= 11 is 0. The Kier molecular flexibility index (Phi) is 5.90. The smallest absolute Gasteiger partial charge is 0.312 e. The fourth-order valence-corrected chi connectivity index (χ4v) is 3.01. The van der Waals surface area contributed by atoms with Gasteiger partial charge in [0.15, 0.2) is 5.69 Å². The van der Waals surface area contributed by atoms with Crippen molar-refractivity contribution in [2.24, 2.45) is 7.05 Å². The Balaban J connectivity index is 1.59. The number of hydrogen-bond donors (Lipinski definition) is 2. The largest absolute Gasteiger partial charge is 0.326 e. The lowest BCUT2D eigenvalue weighted by molar-refractivity contribution is -0.386. The van der Waals surface area contributed by atoms with Gasteiger partial charge in [0.25, 0.3) is 5.91 Å². The van der Waals surface area contributed by atoms with E-state index in [2.05, 4.69) is 20.8 Å². The van der Waals surface area contributed by atoms with Crippen LogP contribution in [0.4, 0.5) is 17.1 Å². The molecule has 2 heterocycles. The molecule has 30 heavy (non-hydrogen) atoms. The highest BCUT2D eigenvalue weighted by molar-refractivity contribution is 6.03. The van der Waals surface area contributed by atoms with E-state index in [0.717, 1.165) is 0 Å². The van der Waals surface area contributed by atoms with Crippen molar-refractivity contribution < 1.29 is 14.5 Å². The summed E-state index contributed by atoms with van der Waals surface area (Å²) in [5, 5.41) is 24.7. The van der Waals surface area contributed by atoms with Crippen molar-refractivity contribution in [3.05, 3.63) is 63.7 Å². The summed E-state index contributed by atoms with van der Waals surface area (Å²) in [6.07, 6.45) is 1.76. The van der Waals surface area contributed by atoms with Crippen LogP contribution in [0.15, 0.2) is 36.5 Å². The van der Waals surface area contributed by atoms with Crippen LogP contribution in [0.2, 0.25) is 0 Å². The minimum atomic E-state index is -0.473. The second kappa shape index (κ2) is 8.55. The van der Waals surface area contributed by atoms with Crippen LogP contribution in [-0.2, 0) is 18.4 Å². The summed E-state index contributed by atoms with van der Waals surface area (Å²) in [4.78, 5) is 35.1. The highest BCUT2D eigenvalue weighted by atomic mass is 16.6. The van der Waals surface area contributed by atoms with Gasteiger partial charge < -0.3 is 10.6 Å². The maximum absolute atomic E-state index is 12.3. The third-order valence-electron chi connectivity index (χ3n) is 4.43. The van der Waals surface area contributed by atoms with Crippen LogP contribution in [-0.4, -0.2) is 36.3 Å². The lowest BCUT2D eigenvalue weighted by Gasteiger charge is -2.09. The second-order valence-electron chi connectivity index (χ2n) is 6.71. The van der Waals surface area contributed by atoms with Gasteiger partial charge in [-0.3, -0.25) is 29.1 Å². The Morgan fingerprint density at radius 1 is 1.13 bits per heavy atom. The number of aryl methyl sites for hydroxylation is 3. The number of nitrogens with zero attached hydrogens (tertiary/aromatic N) is 5. The third kappa shape index (κ3) is 4.69. The van der Waals surface area contributed by atoms with Crippen molar-refractivity contribution in [1.82, 2.24) is 19.6 Å². The summed E-state index contributed by atoms with van der Waals surface area (Å²) in [5.74, 6) is -0.636. The molecule has 2 amide bonds. The number of hydrogen-bond acceptors (Lipinski definition) is 6. The van der Waals surface area contributed by atoms with Crippen LogP contribution in [0.3, 0.4) is 0 Å². The molecule has 156 valence electrons. The molecule has 3 rings (SSSR count). The van der Waals surface area contributed by atoms with E-state index in [1.54, 1.807) is 57.4 Å². The maximum atomic E-state index is 12.3. The number of amides is 2. The van der Waals surface area contributed by atoms with E-state index < -0.39 is 4.92 Å². The van der Waals surface area contributed by atoms with Gasteiger partial charge in [0, 0.05) is 31.0 Å². The molecule has 0 aliphatic carbocycles. The van der Waals surface area contributed by atoms with E-state index in [1.165, 1.54) is 9.36 Å². The Morgan fingerprint density at radius 3 is 2.43 bits per heavy atom. The molecule has 2 aromatic heterocycles. The van der Waals surface area contributed by atoms with Crippen LogP contribution in [0.25, 0.3) is 0 Å². The molecule has 2 N–H and O–H groups in total. The van der Waals surface area contributed by atoms with Crippen molar-refractivity contribution >= 4 is 28.9 Å². The minimum absolute atomic E-state index is 0.0354. The van der Waals surface area contributed by atoms with Crippen LogP contribution >= 0.6 is 0 Å². The van der Waals surface area contributed by atoms with Gasteiger partial charge in [-0.25, -0.2) is 0 Å². The zero-order chi connectivity index (χ0) is 21.8. The van der Waals surface area contributed by atoms with Gasteiger partial charge in [-0.15, -0.1) is 0 Å². The number of rotatable bonds is 7. The number of benzene rings is 1. The average Bonchev–Trinajstić information content (AvgIpc) is 3.23. The van der Waals surface area contributed by atoms with E-state index in [9.17, 15) is 19.7 Å². The average molecular weight is 411 g/mol. The molecule has 11 nitrogen and oxygen atoms in total. The van der Waals surface area contributed by atoms with E-state index >= 15 is 0 Å². The summed E-state index contributed by atoms with van der Waals surface area (Å²) in [6, 6.07) is 8.33. The first-order chi connectivity index (χ1) is 14.2.